The minimum Gasteiger partial charge on any atom is -0.507 e. The standard InChI is InChI=1S/C32H47O4P/c1-12-13-14-36-37(35,19-23-15-25(21(2)3)29(33)27(17-23)31(6,7)8)20-24-16-26(22(4)5)30(34)28(18-24)32(9,10)11/h15-18,33-34H,2,4,12-14,19-20H2,1,3,5-11H3. The lowest BCUT2D eigenvalue weighted by Gasteiger charge is -2.26. The second-order valence-corrected chi connectivity index (χ2v) is 15.0. The number of unbranched alkanes of at least 4 members (excludes halogenated alkanes) is 1. The summed E-state index contributed by atoms with van der Waals surface area (Å²) in [6.07, 6.45) is 2.26. The molecule has 0 aliphatic rings. The maximum Gasteiger partial charge on any atom is 0.211 e. The molecule has 0 fully saturated rings. The van der Waals surface area contributed by atoms with Gasteiger partial charge in [-0.25, -0.2) is 0 Å². The Labute approximate surface area is 224 Å². The fourth-order valence-corrected chi connectivity index (χ4v) is 6.68. The molecule has 5 heteroatoms. The molecule has 0 atom stereocenters. The highest BCUT2D eigenvalue weighted by Gasteiger charge is 2.30. The summed E-state index contributed by atoms with van der Waals surface area (Å²) in [5, 5.41) is 21.9. The number of aromatic hydroxyl groups is 2. The minimum atomic E-state index is -3.19. The van der Waals surface area contributed by atoms with Gasteiger partial charge in [0, 0.05) is 22.3 Å². The Bertz CT molecular complexity index is 1120. The number of rotatable bonds is 10. The molecule has 2 aromatic carbocycles. The van der Waals surface area contributed by atoms with Crippen molar-refractivity contribution in [2.75, 3.05) is 6.61 Å². The van der Waals surface area contributed by atoms with E-state index in [9.17, 15) is 14.8 Å². The van der Waals surface area contributed by atoms with E-state index < -0.39 is 7.37 Å². The summed E-state index contributed by atoms with van der Waals surface area (Å²) in [6, 6.07) is 7.68. The zero-order valence-corrected chi connectivity index (χ0v) is 25.3. The fourth-order valence-electron chi connectivity index (χ4n) is 4.44. The minimum absolute atomic E-state index is 0.227. The second-order valence-electron chi connectivity index (χ2n) is 12.5. The van der Waals surface area contributed by atoms with Crippen LogP contribution in [0.15, 0.2) is 37.4 Å². The lowest BCUT2D eigenvalue weighted by Crippen LogP contribution is -2.13. The van der Waals surface area contributed by atoms with Crippen LogP contribution in [0.4, 0.5) is 0 Å². The van der Waals surface area contributed by atoms with Gasteiger partial charge in [-0.2, -0.15) is 0 Å². The second kappa shape index (κ2) is 11.6. The Morgan fingerprint density at radius 3 is 1.49 bits per heavy atom. The first kappa shape index (κ1) is 30.9. The number of hydrogen-bond acceptors (Lipinski definition) is 4. The fraction of sp³-hybridized carbons (Fsp3) is 0.500. The Morgan fingerprint density at radius 1 is 0.811 bits per heavy atom. The van der Waals surface area contributed by atoms with Crippen molar-refractivity contribution in [3.8, 4) is 11.5 Å². The van der Waals surface area contributed by atoms with Gasteiger partial charge in [0.25, 0.3) is 0 Å². The van der Waals surface area contributed by atoms with Gasteiger partial charge < -0.3 is 14.7 Å². The zero-order chi connectivity index (χ0) is 28.3. The van der Waals surface area contributed by atoms with Crippen molar-refractivity contribution in [2.45, 2.75) is 98.3 Å². The van der Waals surface area contributed by atoms with Gasteiger partial charge in [-0.1, -0.05) is 80.2 Å². The predicted molar refractivity (Wildman–Crippen MR) is 159 cm³/mol. The molecule has 0 saturated heterocycles. The maximum absolute atomic E-state index is 14.5. The Morgan fingerprint density at radius 2 is 1.19 bits per heavy atom. The van der Waals surface area contributed by atoms with Crippen molar-refractivity contribution in [1.82, 2.24) is 0 Å². The number of allylic oxidation sites excluding steroid dienone is 2. The van der Waals surface area contributed by atoms with Crippen molar-refractivity contribution in [1.29, 1.82) is 0 Å². The summed E-state index contributed by atoms with van der Waals surface area (Å²) in [5.41, 5.74) is 5.57. The Hall–Kier alpha value is -2.29. The molecule has 0 aromatic heterocycles. The van der Waals surface area contributed by atoms with Crippen LogP contribution >= 0.6 is 7.37 Å². The molecule has 0 bridgehead atoms. The van der Waals surface area contributed by atoms with E-state index in [4.69, 9.17) is 4.52 Å². The normalized spacial score (nSPS) is 12.6. The highest BCUT2D eigenvalue weighted by Crippen LogP contribution is 2.55. The average molecular weight is 527 g/mol. The van der Waals surface area contributed by atoms with Gasteiger partial charge in [0.05, 0.1) is 18.9 Å². The predicted octanol–water partition coefficient (Wildman–Crippen LogP) is 9.55. The zero-order valence-electron chi connectivity index (χ0n) is 24.4. The van der Waals surface area contributed by atoms with Gasteiger partial charge in [0.15, 0.2) is 0 Å². The molecule has 204 valence electrons. The summed E-state index contributed by atoms with van der Waals surface area (Å²) in [6.45, 7) is 26.6. The van der Waals surface area contributed by atoms with Gasteiger partial charge in [-0.05, 0) is 65.5 Å². The first-order valence-corrected chi connectivity index (χ1v) is 15.2. The number of phenols is 2. The van der Waals surface area contributed by atoms with Crippen molar-refractivity contribution in [3.63, 3.8) is 0 Å². The van der Waals surface area contributed by atoms with Crippen LogP contribution < -0.4 is 0 Å². The third-order valence-electron chi connectivity index (χ3n) is 6.55. The van der Waals surface area contributed by atoms with E-state index in [2.05, 4.69) is 61.6 Å². The number of benzene rings is 2. The smallest absolute Gasteiger partial charge is 0.211 e. The molecular weight excluding hydrogens is 479 g/mol. The highest BCUT2D eigenvalue weighted by atomic mass is 31.2. The lowest BCUT2D eigenvalue weighted by atomic mass is 9.83. The molecule has 0 radical (unpaired) electrons. The third-order valence-corrected chi connectivity index (χ3v) is 8.89. The van der Waals surface area contributed by atoms with E-state index in [0.29, 0.717) is 17.7 Å². The molecule has 2 aromatic rings. The van der Waals surface area contributed by atoms with Gasteiger partial charge in [0.2, 0.25) is 7.37 Å². The van der Waals surface area contributed by atoms with Gasteiger partial charge in [-0.3, -0.25) is 4.57 Å². The summed E-state index contributed by atoms with van der Waals surface area (Å²) in [7, 11) is -3.19. The van der Waals surface area contributed by atoms with Crippen LogP contribution in [-0.2, 0) is 32.2 Å². The number of phenolic OH excluding ortho intramolecular Hbond substituents is 2. The third kappa shape index (κ3) is 7.85. The number of hydrogen-bond donors (Lipinski definition) is 2. The van der Waals surface area contributed by atoms with Crippen molar-refractivity contribution < 1.29 is 19.3 Å². The van der Waals surface area contributed by atoms with Crippen molar-refractivity contribution >= 4 is 18.5 Å². The summed E-state index contributed by atoms with van der Waals surface area (Å²) < 4.78 is 20.7. The molecular formula is C32H47O4P. The van der Waals surface area contributed by atoms with Crippen LogP contribution in [0.25, 0.3) is 11.1 Å². The van der Waals surface area contributed by atoms with E-state index in [1.54, 1.807) is 0 Å². The van der Waals surface area contributed by atoms with Gasteiger partial charge in [-0.15, -0.1) is 0 Å². The van der Waals surface area contributed by atoms with E-state index in [1.807, 2.05) is 38.1 Å². The quantitative estimate of drug-likeness (QED) is 0.239. The first-order valence-electron chi connectivity index (χ1n) is 13.2. The Balaban J connectivity index is 2.65. The molecule has 0 aliphatic heterocycles. The topological polar surface area (TPSA) is 66.8 Å². The lowest BCUT2D eigenvalue weighted by molar-refractivity contribution is 0.304. The molecule has 0 unspecified atom stereocenters. The van der Waals surface area contributed by atoms with E-state index >= 15 is 0 Å². The molecule has 0 spiro atoms. The van der Waals surface area contributed by atoms with Crippen LogP contribution in [-0.4, -0.2) is 16.8 Å². The molecule has 0 heterocycles. The van der Waals surface area contributed by atoms with Crippen LogP contribution in [0.1, 0.15) is 109 Å². The largest absolute Gasteiger partial charge is 0.507 e. The van der Waals surface area contributed by atoms with Crippen LogP contribution in [0, 0.1) is 0 Å². The SMILES string of the molecule is C=C(C)c1cc(CP(=O)(Cc2cc(C(=C)C)c(O)c(C(C)(C)C)c2)OCCCC)cc(C(C)(C)C)c1O. The van der Waals surface area contributed by atoms with Gasteiger partial charge in [0.1, 0.15) is 11.5 Å². The summed E-state index contributed by atoms with van der Waals surface area (Å²) in [5.74, 6) is 0.454. The molecule has 2 N–H and O–H groups in total. The van der Waals surface area contributed by atoms with Crippen LogP contribution in [0.5, 0.6) is 11.5 Å². The van der Waals surface area contributed by atoms with E-state index in [-0.39, 0.29) is 34.7 Å². The highest BCUT2D eigenvalue weighted by molar-refractivity contribution is 7.57. The molecule has 0 saturated carbocycles. The average Bonchev–Trinajstić information content (AvgIpc) is 2.74. The first-order chi connectivity index (χ1) is 16.9. The van der Waals surface area contributed by atoms with Crippen molar-refractivity contribution in [2.24, 2.45) is 0 Å². The molecule has 4 nitrogen and oxygen atoms in total. The van der Waals surface area contributed by atoms with E-state index in [0.717, 1.165) is 46.2 Å². The molecule has 0 aliphatic carbocycles. The Kier molecular flexibility index (Phi) is 9.72. The van der Waals surface area contributed by atoms with E-state index in [1.165, 1.54) is 0 Å². The summed E-state index contributed by atoms with van der Waals surface area (Å²) in [4.78, 5) is 0. The van der Waals surface area contributed by atoms with Crippen LogP contribution in [0.2, 0.25) is 0 Å². The maximum atomic E-state index is 14.5. The van der Waals surface area contributed by atoms with Crippen molar-refractivity contribution in [3.05, 3.63) is 70.8 Å². The molecule has 37 heavy (non-hydrogen) atoms. The summed E-state index contributed by atoms with van der Waals surface area (Å²) >= 11 is 0. The van der Waals surface area contributed by atoms with Gasteiger partial charge >= 0.3 is 0 Å². The monoisotopic (exact) mass is 526 g/mol. The van der Waals surface area contributed by atoms with Crippen LogP contribution in [0.3, 0.4) is 0 Å². The molecule has 2 rings (SSSR count). The molecule has 0 amide bonds.